The number of hydrogen-bond acceptors (Lipinski definition) is 5. The molecule has 1 heterocycles. The smallest absolute Gasteiger partial charge is 0.336 e. The molecule has 0 spiro atoms. The quantitative estimate of drug-likeness (QED) is 0.121. The average molecular weight is 505 g/mol. The number of hydrogen-bond donors (Lipinski definition) is 4. The average Bonchev–Trinajstić information content (AvgIpc) is 2.84. The van der Waals surface area contributed by atoms with E-state index in [0.29, 0.717) is 44.2 Å². The van der Waals surface area contributed by atoms with Gasteiger partial charge in [0.05, 0.1) is 5.56 Å². The van der Waals surface area contributed by atoms with E-state index in [0.717, 1.165) is 19.4 Å². The number of anilines is 1. The minimum Gasteiger partial charge on any atom is -0.508 e. The molecule has 1 aliphatic heterocycles. The van der Waals surface area contributed by atoms with Crippen LogP contribution in [0.3, 0.4) is 0 Å². The Hall–Kier alpha value is -3.91. The molecule has 0 bridgehead atoms. The Bertz CT molecular complexity index is 1450. The molecule has 4 N–H and O–H groups in total. The number of carbonyl (C=O) groups is 1. The summed E-state index contributed by atoms with van der Waals surface area (Å²) in [6.45, 7) is 2.93. The number of carboxylic acids is 1. The van der Waals surface area contributed by atoms with Gasteiger partial charge in [0, 0.05) is 40.9 Å². The maximum absolute atomic E-state index is 12.3. The highest BCUT2D eigenvalue weighted by Crippen LogP contribution is 2.42. The van der Waals surface area contributed by atoms with Crippen LogP contribution in [0.4, 0.5) is 5.69 Å². The summed E-state index contributed by atoms with van der Waals surface area (Å²) in [5, 5.41) is 27.3. The lowest BCUT2D eigenvalue weighted by Gasteiger charge is -2.18. The minimum atomic E-state index is -1.11. The summed E-state index contributed by atoms with van der Waals surface area (Å²) in [6.07, 6.45) is 5.78. The fourth-order valence-corrected chi connectivity index (χ4v) is 4.49. The van der Waals surface area contributed by atoms with Crippen LogP contribution in [0.25, 0.3) is 33.4 Å². The molecule has 1 aliphatic carbocycles. The fraction of sp³-hybridized carbons (Fsp3) is 0.250. The molecule has 0 amide bonds. The molecular formula is C28H28N2O5S. The summed E-state index contributed by atoms with van der Waals surface area (Å²) in [7, 11) is 0. The number of aromatic carboxylic acids is 1. The van der Waals surface area contributed by atoms with E-state index < -0.39 is 5.97 Å². The van der Waals surface area contributed by atoms with E-state index in [2.05, 4.69) is 17.6 Å². The molecule has 186 valence electrons. The van der Waals surface area contributed by atoms with Crippen molar-refractivity contribution in [3.63, 3.8) is 0 Å². The van der Waals surface area contributed by atoms with Gasteiger partial charge in [-0.2, -0.15) is 0 Å². The number of fused-ring (bicyclic) bond motifs is 2. The van der Waals surface area contributed by atoms with Gasteiger partial charge in [-0.05, 0) is 60.6 Å². The molecule has 8 heteroatoms. The maximum atomic E-state index is 12.3. The van der Waals surface area contributed by atoms with Gasteiger partial charge in [-0.3, -0.25) is 4.79 Å². The van der Waals surface area contributed by atoms with Crippen LogP contribution >= 0.6 is 12.2 Å². The highest BCUT2D eigenvalue weighted by atomic mass is 32.1. The zero-order valence-electron chi connectivity index (χ0n) is 20.0. The van der Waals surface area contributed by atoms with Crippen molar-refractivity contribution in [2.45, 2.75) is 39.0 Å². The first-order valence-electron chi connectivity index (χ1n) is 12.0. The summed E-state index contributed by atoms with van der Waals surface area (Å²) in [5.41, 5.74) is 2.37. The largest absolute Gasteiger partial charge is 0.508 e. The van der Waals surface area contributed by atoms with Crippen molar-refractivity contribution in [2.24, 2.45) is 0 Å². The predicted molar refractivity (Wildman–Crippen MR) is 146 cm³/mol. The third-order valence-electron chi connectivity index (χ3n) is 6.02. The Kier molecular flexibility index (Phi) is 7.85. The summed E-state index contributed by atoms with van der Waals surface area (Å²) in [5.74, 6) is -0.803. The molecule has 0 radical (unpaired) electrons. The maximum Gasteiger partial charge on any atom is 0.336 e. The molecule has 2 aliphatic rings. The number of phenolic OH excluding ortho intramolecular Hbond substituents is 1. The zero-order valence-corrected chi connectivity index (χ0v) is 20.8. The molecule has 7 nitrogen and oxygen atoms in total. The summed E-state index contributed by atoms with van der Waals surface area (Å²) in [6, 6.07) is 14.0. The van der Waals surface area contributed by atoms with Crippen LogP contribution in [0, 0.1) is 0 Å². The Morgan fingerprint density at radius 2 is 1.75 bits per heavy atom. The van der Waals surface area contributed by atoms with Crippen LogP contribution in [0.5, 0.6) is 5.75 Å². The van der Waals surface area contributed by atoms with Gasteiger partial charge in [0.15, 0.2) is 10.5 Å². The van der Waals surface area contributed by atoms with Gasteiger partial charge in [-0.25, -0.2) is 4.79 Å². The highest BCUT2D eigenvalue weighted by Gasteiger charge is 2.22. The lowest BCUT2D eigenvalue weighted by Crippen LogP contribution is -2.29. The van der Waals surface area contributed by atoms with Crippen molar-refractivity contribution in [3.05, 3.63) is 70.4 Å². The van der Waals surface area contributed by atoms with Gasteiger partial charge in [0.2, 0.25) is 0 Å². The van der Waals surface area contributed by atoms with E-state index in [4.69, 9.17) is 16.6 Å². The van der Waals surface area contributed by atoms with Gasteiger partial charge in [0.1, 0.15) is 17.1 Å². The second-order valence-corrected chi connectivity index (χ2v) is 9.08. The van der Waals surface area contributed by atoms with Crippen LogP contribution in [0.15, 0.2) is 63.8 Å². The van der Waals surface area contributed by atoms with Crippen molar-refractivity contribution in [3.8, 4) is 28.2 Å². The molecule has 0 atom stereocenters. The fourth-order valence-electron chi connectivity index (χ4n) is 4.27. The van der Waals surface area contributed by atoms with E-state index in [9.17, 15) is 19.8 Å². The Morgan fingerprint density at radius 1 is 0.972 bits per heavy atom. The van der Waals surface area contributed by atoms with E-state index in [1.54, 1.807) is 24.3 Å². The van der Waals surface area contributed by atoms with E-state index in [-0.39, 0.29) is 16.7 Å². The number of aromatic hydroxyl groups is 1. The second-order valence-electron chi connectivity index (χ2n) is 8.68. The number of benzene rings is 3. The van der Waals surface area contributed by atoms with E-state index >= 15 is 0 Å². The van der Waals surface area contributed by atoms with Gasteiger partial charge in [0.25, 0.3) is 0 Å². The lowest BCUT2D eigenvalue weighted by molar-refractivity contribution is 0.0697. The van der Waals surface area contributed by atoms with Gasteiger partial charge in [-0.1, -0.05) is 38.7 Å². The van der Waals surface area contributed by atoms with Gasteiger partial charge >= 0.3 is 5.97 Å². The number of nitrogens with one attached hydrogen (secondary N) is 2. The molecule has 0 fully saturated rings. The van der Waals surface area contributed by atoms with Crippen molar-refractivity contribution in [1.82, 2.24) is 5.32 Å². The van der Waals surface area contributed by atoms with Crippen molar-refractivity contribution in [1.29, 1.82) is 0 Å². The zero-order chi connectivity index (χ0) is 25.7. The molecule has 0 saturated carbocycles. The number of rotatable bonds is 9. The topological polar surface area (TPSA) is 112 Å². The molecule has 4 rings (SSSR count). The Balaban J connectivity index is 1.68. The Labute approximate surface area is 214 Å². The van der Waals surface area contributed by atoms with E-state index in [1.807, 2.05) is 0 Å². The molecule has 0 aromatic heterocycles. The Morgan fingerprint density at radius 3 is 2.53 bits per heavy atom. The molecular weight excluding hydrogens is 476 g/mol. The lowest BCUT2D eigenvalue weighted by atomic mass is 9.90. The normalized spacial score (nSPS) is 11.0. The number of phenols is 1. The first-order valence-corrected chi connectivity index (χ1v) is 12.4. The van der Waals surface area contributed by atoms with Crippen LogP contribution in [0.1, 0.15) is 49.4 Å². The molecule has 0 saturated heterocycles. The molecule has 36 heavy (non-hydrogen) atoms. The SMILES string of the molecule is CCCCCCCNC(=S)Nc1ccc(-c2c3ccc(=O)cc-3oc3cc(O)ccc23)c(C(=O)O)c1. The third kappa shape index (κ3) is 5.66. The second kappa shape index (κ2) is 11.2. The van der Waals surface area contributed by atoms with Crippen LogP contribution in [-0.2, 0) is 0 Å². The number of carboxylic acid groups (broad SMARTS) is 1. The highest BCUT2D eigenvalue weighted by molar-refractivity contribution is 7.80. The summed E-state index contributed by atoms with van der Waals surface area (Å²) in [4.78, 5) is 24.3. The molecule has 2 aromatic rings. The standard InChI is InChI=1S/C28H28N2O5S/c1-2-3-4-5-6-13-29-28(36)30-17-7-10-20(23(14-17)27(33)34)26-21-11-8-18(31)15-24(21)35-25-16-19(32)9-12-22(25)26/h7-12,14-16,31H,2-6,13H2,1H3,(H,33,34)(H2,29,30,36). The number of unbranched alkanes of at least 4 members (excludes halogenated alkanes) is 4. The molecule has 0 unspecified atom stereocenters. The van der Waals surface area contributed by atoms with Crippen LogP contribution < -0.4 is 16.1 Å². The van der Waals surface area contributed by atoms with Crippen molar-refractivity contribution < 1.29 is 19.4 Å². The van der Waals surface area contributed by atoms with Gasteiger partial charge < -0.3 is 25.3 Å². The summed E-state index contributed by atoms with van der Waals surface area (Å²) < 4.78 is 5.87. The van der Waals surface area contributed by atoms with Gasteiger partial charge in [-0.15, -0.1) is 0 Å². The predicted octanol–water partition coefficient (Wildman–Crippen LogP) is 6.23. The summed E-state index contributed by atoms with van der Waals surface area (Å²) >= 11 is 5.39. The minimum absolute atomic E-state index is 0.000732. The van der Waals surface area contributed by atoms with Crippen molar-refractivity contribution in [2.75, 3.05) is 11.9 Å². The monoisotopic (exact) mass is 504 g/mol. The molecule has 2 aromatic carbocycles. The van der Waals surface area contributed by atoms with E-state index in [1.165, 1.54) is 49.6 Å². The van der Waals surface area contributed by atoms with Crippen LogP contribution in [0.2, 0.25) is 0 Å². The first kappa shape index (κ1) is 25.2. The van der Waals surface area contributed by atoms with Crippen molar-refractivity contribution >= 4 is 40.0 Å². The first-order chi connectivity index (χ1) is 17.4. The number of thiocarbonyl (C=S) groups is 1. The van der Waals surface area contributed by atoms with Crippen LogP contribution in [-0.4, -0.2) is 27.8 Å². The third-order valence-corrected chi connectivity index (χ3v) is 6.27.